The molecule has 1 aromatic heterocycles. The lowest BCUT2D eigenvalue weighted by atomic mass is 10.0. The Morgan fingerprint density at radius 2 is 1.79 bits per heavy atom. The monoisotopic (exact) mass is 402 g/mol. The first kappa shape index (κ1) is 22.0. The van der Waals surface area contributed by atoms with Gasteiger partial charge in [0.25, 0.3) is 0 Å². The van der Waals surface area contributed by atoms with Crippen molar-refractivity contribution in [3.05, 3.63) is 29.8 Å². The molecular weight excluding hydrogens is 372 g/mol. The minimum Gasteiger partial charge on any atom is -0.344 e. The maximum absolute atomic E-state index is 12.7. The standard InChI is InChI=1S/C21H30N4O2S/c1-5-6-7-8-9-17(26)22-18(14(2)3)19(27)23-21-25-24-20(28-21)16-12-10-15(4)11-13-16/h10-14,18H,5-9H2,1-4H3,(H,22,26)(H,23,25,27). The van der Waals surface area contributed by atoms with Gasteiger partial charge in [-0.05, 0) is 19.3 Å². The van der Waals surface area contributed by atoms with Gasteiger partial charge < -0.3 is 5.32 Å². The highest BCUT2D eigenvalue weighted by Gasteiger charge is 2.25. The average molecular weight is 403 g/mol. The fraction of sp³-hybridized carbons (Fsp3) is 0.524. The zero-order valence-corrected chi connectivity index (χ0v) is 17.9. The third-order valence-corrected chi connectivity index (χ3v) is 5.36. The number of carbonyl (C=O) groups excluding carboxylic acids is 2. The summed E-state index contributed by atoms with van der Waals surface area (Å²) in [4.78, 5) is 24.8. The highest BCUT2D eigenvalue weighted by atomic mass is 32.1. The second-order valence-corrected chi connectivity index (χ2v) is 8.35. The molecular formula is C21H30N4O2S. The Kier molecular flexibility index (Phi) is 8.57. The number of carbonyl (C=O) groups is 2. The van der Waals surface area contributed by atoms with Gasteiger partial charge in [0, 0.05) is 12.0 Å². The van der Waals surface area contributed by atoms with Crippen LogP contribution in [0.25, 0.3) is 10.6 Å². The number of aromatic nitrogens is 2. The molecule has 0 aliphatic heterocycles. The van der Waals surface area contributed by atoms with Gasteiger partial charge in [0.15, 0.2) is 0 Å². The molecule has 0 aliphatic rings. The maximum Gasteiger partial charge on any atom is 0.249 e. The van der Waals surface area contributed by atoms with Gasteiger partial charge in [-0.25, -0.2) is 0 Å². The quantitative estimate of drug-likeness (QED) is 0.571. The number of rotatable bonds is 10. The molecule has 2 N–H and O–H groups in total. The summed E-state index contributed by atoms with van der Waals surface area (Å²) >= 11 is 1.32. The molecule has 0 spiro atoms. The molecule has 1 unspecified atom stereocenters. The van der Waals surface area contributed by atoms with E-state index in [1.807, 2.05) is 45.0 Å². The van der Waals surface area contributed by atoms with Crippen molar-refractivity contribution in [3.8, 4) is 10.6 Å². The predicted molar refractivity (Wildman–Crippen MR) is 114 cm³/mol. The van der Waals surface area contributed by atoms with Gasteiger partial charge in [-0.15, -0.1) is 10.2 Å². The van der Waals surface area contributed by atoms with E-state index in [9.17, 15) is 9.59 Å². The number of aryl methyl sites for hydroxylation is 1. The SMILES string of the molecule is CCCCCCC(=O)NC(C(=O)Nc1nnc(-c2ccc(C)cc2)s1)C(C)C. The molecule has 1 aromatic carbocycles. The third-order valence-electron chi connectivity index (χ3n) is 4.48. The van der Waals surface area contributed by atoms with Gasteiger partial charge in [0.05, 0.1) is 0 Å². The van der Waals surface area contributed by atoms with Crippen molar-refractivity contribution < 1.29 is 9.59 Å². The van der Waals surface area contributed by atoms with Crippen LogP contribution in [-0.2, 0) is 9.59 Å². The van der Waals surface area contributed by atoms with Crippen LogP contribution in [0.2, 0.25) is 0 Å². The number of unbranched alkanes of at least 4 members (excludes halogenated alkanes) is 3. The number of anilines is 1. The third kappa shape index (κ3) is 6.71. The van der Waals surface area contributed by atoms with Crippen molar-refractivity contribution in [2.75, 3.05) is 5.32 Å². The lowest BCUT2D eigenvalue weighted by Gasteiger charge is -2.21. The highest BCUT2D eigenvalue weighted by molar-refractivity contribution is 7.18. The van der Waals surface area contributed by atoms with Gasteiger partial charge >= 0.3 is 0 Å². The van der Waals surface area contributed by atoms with Crippen LogP contribution >= 0.6 is 11.3 Å². The summed E-state index contributed by atoms with van der Waals surface area (Å²) in [5.74, 6) is -0.366. The summed E-state index contributed by atoms with van der Waals surface area (Å²) in [7, 11) is 0. The van der Waals surface area contributed by atoms with Crippen LogP contribution in [0.4, 0.5) is 5.13 Å². The summed E-state index contributed by atoms with van der Waals surface area (Å²) < 4.78 is 0. The van der Waals surface area contributed by atoms with Crippen LogP contribution in [0, 0.1) is 12.8 Å². The molecule has 1 atom stereocenters. The Morgan fingerprint density at radius 3 is 2.43 bits per heavy atom. The fourth-order valence-corrected chi connectivity index (χ4v) is 3.51. The lowest BCUT2D eigenvalue weighted by molar-refractivity contribution is -0.127. The van der Waals surface area contributed by atoms with Gasteiger partial charge in [-0.1, -0.05) is 81.2 Å². The van der Waals surface area contributed by atoms with E-state index in [4.69, 9.17) is 0 Å². The lowest BCUT2D eigenvalue weighted by Crippen LogP contribution is -2.47. The second-order valence-electron chi connectivity index (χ2n) is 7.37. The Hall–Kier alpha value is -2.28. The molecule has 2 amide bonds. The fourth-order valence-electron chi connectivity index (χ4n) is 2.76. The van der Waals surface area contributed by atoms with E-state index in [-0.39, 0.29) is 17.7 Å². The molecule has 6 nitrogen and oxygen atoms in total. The first-order valence-electron chi connectivity index (χ1n) is 9.91. The first-order chi connectivity index (χ1) is 13.4. The summed E-state index contributed by atoms with van der Waals surface area (Å²) in [5.41, 5.74) is 2.14. The van der Waals surface area contributed by atoms with Crippen molar-refractivity contribution in [2.45, 2.75) is 65.8 Å². The van der Waals surface area contributed by atoms with E-state index in [1.165, 1.54) is 16.9 Å². The summed E-state index contributed by atoms with van der Waals surface area (Å²) in [6.07, 6.45) is 4.59. The Morgan fingerprint density at radius 1 is 1.07 bits per heavy atom. The molecule has 0 saturated carbocycles. The number of amides is 2. The number of hydrogen-bond acceptors (Lipinski definition) is 5. The summed E-state index contributed by atoms with van der Waals surface area (Å²) in [5, 5.41) is 15.1. The second kappa shape index (κ2) is 10.9. The minimum absolute atomic E-state index is 0.0240. The van der Waals surface area contributed by atoms with Crippen LogP contribution in [0.5, 0.6) is 0 Å². The van der Waals surface area contributed by atoms with Crippen molar-refractivity contribution in [3.63, 3.8) is 0 Å². The molecule has 0 fully saturated rings. The van der Waals surface area contributed by atoms with Crippen molar-refractivity contribution in [1.29, 1.82) is 0 Å². The molecule has 7 heteroatoms. The van der Waals surface area contributed by atoms with E-state index < -0.39 is 6.04 Å². The molecule has 28 heavy (non-hydrogen) atoms. The molecule has 1 heterocycles. The van der Waals surface area contributed by atoms with Crippen molar-refractivity contribution in [2.24, 2.45) is 5.92 Å². The molecule has 2 aromatic rings. The molecule has 0 bridgehead atoms. The van der Waals surface area contributed by atoms with Gasteiger partial charge in [0.1, 0.15) is 11.0 Å². The van der Waals surface area contributed by atoms with Crippen LogP contribution in [-0.4, -0.2) is 28.1 Å². The van der Waals surface area contributed by atoms with Gasteiger partial charge in [-0.3, -0.25) is 14.9 Å². The maximum atomic E-state index is 12.7. The van der Waals surface area contributed by atoms with Gasteiger partial charge in [0.2, 0.25) is 16.9 Å². The first-order valence-corrected chi connectivity index (χ1v) is 10.7. The Bertz CT molecular complexity index is 771. The number of hydrogen-bond donors (Lipinski definition) is 2. The smallest absolute Gasteiger partial charge is 0.249 e. The zero-order chi connectivity index (χ0) is 20.5. The molecule has 0 aliphatic carbocycles. The molecule has 2 rings (SSSR count). The largest absolute Gasteiger partial charge is 0.344 e. The van der Waals surface area contributed by atoms with Crippen LogP contribution < -0.4 is 10.6 Å². The zero-order valence-electron chi connectivity index (χ0n) is 17.1. The van der Waals surface area contributed by atoms with Gasteiger partial charge in [-0.2, -0.15) is 0 Å². The average Bonchev–Trinajstić information content (AvgIpc) is 3.12. The minimum atomic E-state index is -0.592. The van der Waals surface area contributed by atoms with Crippen LogP contribution in [0.15, 0.2) is 24.3 Å². The summed E-state index contributed by atoms with van der Waals surface area (Å²) in [6.45, 7) is 8.00. The predicted octanol–water partition coefficient (Wildman–Crippen LogP) is 4.56. The molecule has 0 saturated heterocycles. The number of nitrogens with one attached hydrogen (secondary N) is 2. The highest BCUT2D eigenvalue weighted by Crippen LogP contribution is 2.26. The van der Waals surface area contributed by atoms with E-state index >= 15 is 0 Å². The van der Waals surface area contributed by atoms with E-state index in [0.717, 1.165) is 36.3 Å². The van der Waals surface area contributed by atoms with Crippen molar-refractivity contribution >= 4 is 28.3 Å². The summed E-state index contributed by atoms with van der Waals surface area (Å²) in [6, 6.07) is 7.40. The normalized spacial score (nSPS) is 12.0. The topological polar surface area (TPSA) is 84.0 Å². The van der Waals surface area contributed by atoms with E-state index in [0.29, 0.717) is 11.6 Å². The Labute approximate surface area is 171 Å². The number of benzene rings is 1. The van der Waals surface area contributed by atoms with E-state index in [1.54, 1.807) is 0 Å². The van der Waals surface area contributed by atoms with Crippen molar-refractivity contribution in [1.82, 2.24) is 15.5 Å². The number of nitrogens with zero attached hydrogens (tertiary/aromatic N) is 2. The van der Waals surface area contributed by atoms with E-state index in [2.05, 4.69) is 27.8 Å². The Balaban J connectivity index is 1.94. The molecule has 0 radical (unpaired) electrons. The van der Waals surface area contributed by atoms with Crippen LogP contribution in [0.1, 0.15) is 58.4 Å². The molecule has 152 valence electrons. The van der Waals surface area contributed by atoms with Crippen LogP contribution in [0.3, 0.4) is 0 Å².